The lowest BCUT2D eigenvalue weighted by atomic mass is 10.0. The lowest BCUT2D eigenvalue weighted by Gasteiger charge is -2.10. The molecule has 0 saturated carbocycles. The molecule has 23 heavy (non-hydrogen) atoms. The molecule has 2 aromatic rings. The standard InChI is InChI=1S/C17H21ClN4O/c1-12(2)13-4-3-5-15(10-13)22-17(19)20-8-9-23-16-7-6-14(18)11-21-16/h3-7,10-12H,8-9H2,1-2H3,(H3,19,20,22). The molecule has 0 radical (unpaired) electrons. The Morgan fingerprint density at radius 2 is 2.17 bits per heavy atom. The molecule has 6 heteroatoms. The van der Waals surface area contributed by atoms with Gasteiger partial charge in [0.2, 0.25) is 5.88 Å². The Morgan fingerprint density at radius 1 is 1.35 bits per heavy atom. The number of aromatic nitrogens is 1. The van der Waals surface area contributed by atoms with E-state index in [1.807, 2.05) is 12.1 Å². The SMILES string of the molecule is CC(C)c1cccc(NC(N)=NCCOc2ccc(Cl)cn2)c1. The number of aliphatic imine (C=N–C) groups is 1. The zero-order valence-electron chi connectivity index (χ0n) is 13.3. The van der Waals surface area contributed by atoms with Gasteiger partial charge >= 0.3 is 0 Å². The molecule has 2 rings (SSSR count). The van der Waals surface area contributed by atoms with Crippen molar-refractivity contribution in [1.29, 1.82) is 0 Å². The van der Waals surface area contributed by atoms with Crippen molar-refractivity contribution >= 4 is 23.2 Å². The van der Waals surface area contributed by atoms with Crippen molar-refractivity contribution in [1.82, 2.24) is 4.98 Å². The van der Waals surface area contributed by atoms with E-state index in [-0.39, 0.29) is 0 Å². The molecule has 122 valence electrons. The molecular weight excluding hydrogens is 312 g/mol. The minimum atomic E-state index is 0.360. The fourth-order valence-corrected chi connectivity index (χ4v) is 2.04. The molecule has 0 unspecified atom stereocenters. The summed E-state index contributed by atoms with van der Waals surface area (Å²) in [6, 6.07) is 11.6. The highest BCUT2D eigenvalue weighted by Gasteiger charge is 2.01. The number of halogens is 1. The Labute approximate surface area is 141 Å². The lowest BCUT2D eigenvalue weighted by Crippen LogP contribution is -2.23. The molecule has 0 atom stereocenters. The maximum Gasteiger partial charge on any atom is 0.213 e. The molecule has 3 N–H and O–H groups in total. The third-order valence-electron chi connectivity index (χ3n) is 3.15. The molecule has 0 bridgehead atoms. The van der Waals surface area contributed by atoms with E-state index in [2.05, 4.69) is 41.3 Å². The predicted molar refractivity (Wildman–Crippen MR) is 95.4 cm³/mol. The molecule has 1 heterocycles. The average molecular weight is 333 g/mol. The maximum atomic E-state index is 5.88. The molecule has 0 aliphatic rings. The van der Waals surface area contributed by atoms with Crippen LogP contribution >= 0.6 is 11.6 Å². The maximum absolute atomic E-state index is 5.88. The van der Waals surface area contributed by atoms with E-state index in [1.165, 1.54) is 11.8 Å². The van der Waals surface area contributed by atoms with Gasteiger partial charge in [-0.25, -0.2) is 9.98 Å². The molecule has 0 saturated heterocycles. The number of nitrogens with one attached hydrogen (secondary N) is 1. The number of nitrogens with two attached hydrogens (primary N) is 1. The summed E-state index contributed by atoms with van der Waals surface area (Å²) in [6.07, 6.45) is 1.54. The van der Waals surface area contributed by atoms with Gasteiger partial charge in [-0.2, -0.15) is 0 Å². The molecule has 0 aliphatic carbocycles. The molecule has 5 nitrogen and oxygen atoms in total. The van der Waals surface area contributed by atoms with Gasteiger partial charge in [-0.3, -0.25) is 0 Å². The van der Waals surface area contributed by atoms with E-state index in [0.29, 0.717) is 35.9 Å². The summed E-state index contributed by atoms with van der Waals surface area (Å²) >= 11 is 5.76. The first-order valence-corrected chi connectivity index (χ1v) is 7.83. The second kappa shape index (κ2) is 8.39. The van der Waals surface area contributed by atoms with Crippen molar-refractivity contribution in [3.05, 3.63) is 53.2 Å². The Hall–Kier alpha value is -2.27. The summed E-state index contributed by atoms with van der Waals surface area (Å²) in [5.41, 5.74) is 8.06. The van der Waals surface area contributed by atoms with Crippen molar-refractivity contribution in [3.63, 3.8) is 0 Å². The van der Waals surface area contributed by atoms with E-state index < -0.39 is 0 Å². The smallest absolute Gasteiger partial charge is 0.213 e. The normalized spacial score (nSPS) is 11.6. The summed E-state index contributed by atoms with van der Waals surface area (Å²) < 4.78 is 5.45. The number of hydrogen-bond acceptors (Lipinski definition) is 3. The quantitative estimate of drug-likeness (QED) is 0.481. The van der Waals surface area contributed by atoms with Gasteiger partial charge in [0.05, 0.1) is 11.6 Å². The Bertz CT molecular complexity index is 656. The fraction of sp³-hybridized carbons (Fsp3) is 0.294. The second-order valence-corrected chi connectivity index (χ2v) is 5.77. The molecule has 0 aliphatic heterocycles. The molecule has 1 aromatic carbocycles. The average Bonchev–Trinajstić information content (AvgIpc) is 2.53. The highest BCUT2D eigenvalue weighted by Crippen LogP contribution is 2.18. The monoisotopic (exact) mass is 332 g/mol. The topological polar surface area (TPSA) is 72.5 Å². The van der Waals surface area contributed by atoms with Crippen molar-refractivity contribution in [2.24, 2.45) is 10.7 Å². The summed E-state index contributed by atoms with van der Waals surface area (Å²) in [4.78, 5) is 8.27. The lowest BCUT2D eigenvalue weighted by molar-refractivity contribution is 0.316. The highest BCUT2D eigenvalue weighted by molar-refractivity contribution is 6.30. The zero-order chi connectivity index (χ0) is 16.7. The highest BCUT2D eigenvalue weighted by atomic mass is 35.5. The number of nitrogens with zero attached hydrogens (tertiary/aromatic N) is 2. The molecule has 0 fully saturated rings. The van der Waals surface area contributed by atoms with Gasteiger partial charge < -0.3 is 15.8 Å². The Kier molecular flexibility index (Phi) is 6.23. The van der Waals surface area contributed by atoms with Crippen LogP contribution in [0.25, 0.3) is 0 Å². The van der Waals surface area contributed by atoms with Gasteiger partial charge in [-0.15, -0.1) is 0 Å². The predicted octanol–water partition coefficient (Wildman–Crippen LogP) is 3.66. The molecular formula is C17H21ClN4O. The van der Waals surface area contributed by atoms with Crippen LogP contribution in [0, 0.1) is 0 Å². The van der Waals surface area contributed by atoms with Crippen LogP contribution in [-0.4, -0.2) is 24.1 Å². The first-order chi connectivity index (χ1) is 11.0. The van der Waals surface area contributed by atoms with Gasteiger partial charge in [0, 0.05) is 18.0 Å². The second-order valence-electron chi connectivity index (χ2n) is 5.34. The minimum Gasteiger partial charge on any atom is -0.476 e. The first-order valence-electron chi connectivity index (χ1n) is 7.46. The van der Waals surface area contributed by atoms with E-state index in [4.69, 9.17) is 22.1 Å². The van der Waals surface area contributed by atoms with Crippen molar-refractivity contribution in [2.45, 2.75) is 19.8 Å². The van der Waals surface area contributed by atoms with E-state index in [0.717, 1.165) is 5.69 Å². The summed E-state index contributed by atoms with van der Waals surface area (Å²) in [5, 5.41) is 3.66. The van der Waals surface area contributed by atoms with Crippen LogP contribution in [0.4, 0.5) is 5.69 Å². The van der Waals surface area contributed by atoms with Crippen LogP contribution in [0.2, 0.25) is 5.02 Å². The largest absolute Gasteiger partial charge is 0.476 e. The number of pyridine rings is 1. The third-order valence-corrected chi connectivity index (χ3v) is 3.37. The van der Waals surface area contributed by atoms with Crippen molar-refractivity contribution in [2.75, 3.05) is 18.5 Å². The molecule has 0 spiro atoms. The van der Waals surface area contributed by atoms with Gasteiger partial charge in [-0.1, -0.05) is 37.6 Å². The number of hydrogen-bond donors (Lipinski definition) is 2. The van der Waals surface area contributed by atoms with Gasteiger partial charge in [-0.05, 0) is 29.7 Å². The number of rotatable bonds is 6. The number of ether oxygens (including phenoxy) is 1. The van der Waals surface area contributed by atoms with Gasteiger partial charge in [0.25, 0.3) is 0 Å². The summed E-state index contributed by atoms with van der Waals surface area (Å²) in [6.45, 7) is 5.13. The number of benzene rings is 1. The van der Waals surface area contributed by atoms with E-state index in [9.17, 15) is 0 Å². The number of anilines is 1. The third kappa shape index (κ3) is 5.79. The van der Waals surface area contributed by atoms with Crippen LogP contribution in [-0.2, 0) is 0 Å². The van der Waals surface area contributed by atoms with Crippen LogP contribution in [0.5, 0.6) is 5.88 Å². The van der Waals surface area contributed by atoms with Gasteiger partial charge in [0.15, 0.2) is 5.96 Å². The van der Waals surface area contributed by atoms with Crippen molar-refractivity contribution in [3.8, 4) is 5.88 Å². The molecule has 1 aromatic heterocycles. The van der Waals surface area contributed by atoms with Gasteiger partial charge in [0.1, 0.15) is 6.61 Å². The summed E-state index contributed by atoms with van der Waals surface area (Å²) in [7, 11) is 0. The van der Waals surface area contributed by atoms with E-state index >= 15 is 0 Å². The minimum absolute atomic E-state index is 0.360. The first kappa shape index (κ1) is 17.1. The van der Waals surface area contributed by atoms with Crippen LogP contribution in [0.3, 0.4) is 0 Å². The molecule has 0 amide bonds. The summed E-state index contributed by atoms with van der Waals surface area (Å²) in [5.74, 6) is 1.34. The fourth-order valence-electron chi connectivity index (χ4n) is 1.93. The van der Waals surface area contributed by atoms with Crippen LogP contribution < -0.4 is 15.8 Å². The van der Waals surface area contributed by atoms with Crippen LogP contribution in [0.15, 0.2) is 47.6 Å². The Morgan fingerprint density at radius 3 is 2.87 bits per heavy atom. The van der Waals surface area contributed by atoms with E-state index in [1.54, 1.807) is 12.1 Å². The Balaban J connectivity index is 1.81. The number of guanidine groups is 1. The van der Waals surface area contributed by atoms with Crippen LogP contribution in [0.1, 0.15) is 25.3 Å². The zero-order valence-corrected chi connectivity index (χ0v) is 14.0. The van der Waals surface area contributed by atoms with Crippen molar-refractivity contribution < 1.29 is 4.74 Å².